The maximum Gasteiger partial charge on any atom is 0.247 e. The summed E-state index contributed by atoms with van der Waals surface area (Å²) in [5, 5.41) is 12.3. The third-order valence-electron chi connectivity index (χ3n) is 5.80. The fraction of sp³-hybridized carbons (Fsp3) is 0.172. The molecular weight excluding hydrogens is 468 g/mol. The Morgan fingerprint density at radius 2 is 1.61 bits per heavy atom. The molecule has 2 amide bonds. The Balaban J connectivity index is 1.42. The van der Waals surface area contributed by atoms with Crippen LogP contribution in [-0.4, -0.2) is 33.5 Å². The molecule has 1 aromatic heterocycles. The molecule has 182 valence electrons. The van der Waals surface area contributed by atoms with Gasteiger partial charge in [-0.2, -0.15) is 0 Å². The summed E-state index contributed by atoms with van der Waals surface area (Å²) in [6, 6.07) is 27.3. The van der Waals surface area contributed by atoms with Gasteiger partial charge in [-0.3, -0.25) is 9.59 Å². The van der Waals surface area contributed by atoms with E-state index in [0.29, 0.717) is 5.13 Å². The van der Waals surface area contributed by atoms with Gasteiger partial charge in [-0.15, -0.1) is 10.2 Å². The molecule has 0 aliphatic rings. The van der Waals surface area contributed by atoms with Crippen LogP contribution in [0.2, 0.25) is 0 Å². The number of aromatic nitrogens is 2. The molecule has 7 heteroatoms. The number of nitrogens with one attached hydrogen (secondary N) is 1. The summed E-state index contributed by atoms with van der Waals surface area (Å²) in [5.41, 5.74) is 4.07. The predicted octanol–water partition coefficient (Wildman–Crippen LogP) is 6.15. The zero-order valence-electron chi connectivity index (χ0n) is 20.3. The molecule has 0 saturated carbocycles. The lowest BCUT2D eigenvalue weighted by Crippen LogP contribution is -2.35. The first kappa shape index (κ1) is 25.0. The number of hydrogen-bond donors (Lipinski definition) is 1. The smallest absolute Gasteiger partial charge is 0.247 e. The first-order valence-corrected chi connectivity index (χ1v) is 12.6. The number of carbonyl (C=O) groups is 2. The summed E-state index contributed by atoms with van der Waals surface area (Å²) in [6.07, 6.45) is 3.49. The van der Waals surface area contributed by atoms with E-state index in [1.807, 2.05) is 98.8 Å². The van der Waals surface area contributed by atoms with E-state index >= 15 is 0 Å². The maximum atomic E-state index is 13.2. The molecule has 1 N–H and O–H groups in total. The molecule has 3 aromatic carbocycles. The van der Waals surface area contributed by atoms with Crippen molar-refractivity contribution < 1.29 is 9.59 Å². The molecule has 0 aliphatic heterocycles. The number of carbonyl (C=O) groups excluding carboxylic acids is 2. The third kappa shape index (κ3) is 6.73. The highest BCUT2D eigenvalue weighted by molar-refractivity contribution is 7.18. The lowest BCUT2D eigenvalue weighted by Gasteiger charge is -2.28. The van der Waals surface area contributed by atoms with E-state index in [1.165, 1.54) is 16.9 Å². The van der Waals surface area contributed by atoms with Crippen molar-refractivity contribution in [2.24, 2.45) is 0 Å². The molecule has 0 radical (unpaired) electrons. The third-order valence-corrected chi connectivity index (χ3v) is 6.69. The summed E-state index contributed by atoms with van der Waals surface area (Å²) in [5.74, 6) is -0.368. The van der Waals surface area contributed by atoms with E-state index in [-0.39, 0.29) is 30.8 Å². The Morgan fingerprint density at radius 1 is 0.944 bits per heavy atom. The van der Waals surface area contributed by atoms with E-state index in [1.54, 1.807) is 17.1 Å². The van der Waals surface area contributed by atoms with Crippen molar-refractivity contribution in [1.29, 1.82) is 0 Å². The van der Waals surface area contributed by atoms with Crippen LogP contribution >= 0.6 is 11.3 Å². The fourth-order valence-electron chi connectivity index (χ4n) is 3.72. The molecular formula is C29H28N4O2S. The minimum absolute atomic E-state index is 0.140. The van der Waals surface area contributed by atoms with Crippen LogP contribution in [0.4, 0.5) is 5.13 Å². The summed E-state index contributed by atoms with van der Waals surface area (Å²) in [4.78, 5) is 27.6. The molecule has 0 bridgehead atoms. The van der Waals surface area contributed by atoms with Gasteiger partial charge in [0.2, 0.25) is 16.9 Å². The Hall–Kier alpha value is -4.10. The van der Waals surface area contributed by atoms with Gasteiger partial charge >= 0.3 is 0 Å². The number of rotatable bonds is 9. The van der Waals surface area contributed by atoms with Gasteiger partial charge in [0.15, 0.2) is 0 Å². The molecule has 0 aliphatic carbocycles. The largest absolute Gasteiger partial charge is 0.332 e. The van der Waals surface area contributed by atoms with E-state index in [0.717, 1.165) is 21.7 Å². The minimum atomic E-state index is -0.216. The molecule has 4 aromatic rings. The molecule has 0 fully saturated rings. The topological polar surface area (TPSA) is 75.2 Å². The Bertz CT molecular complexity index is 1320. The number of amides is 2. The number of nitrogens with zero attached hydrogens (tertiary/aromatic N) is 3. The molecule has 0 saturated heterocycles. The molecule has 36 heavy (non-hydrogen) atoms. The molecule has 6 nitrogen and oxygen atoms in total. The number of aryl methyl sites for hydroxylation is 1. The van der Waals surface area contributed by atoms with Crippen LogP contribution in [-0.2, 0) is 9.59 Å². The minimum Gasteiger partial charge on any atom is -0.332 e. The fourth-order valence-corrected chi connectivity index (χ4v) is 4.49. The lowest BCUT2D eigenvalue weighted by molar-refractivity contribution is -0.128. The zero-order valence-corrected chi connectivity index (χ0v) is 21.1. The molecule has 1 heterocycles. The Morgan fingerprint density at radius 3 is 2.31 bits per heavy atom. The van der Waals surface area contributed by atoms with Crippen molar-refractivity contribution in [3.63, 3.8) is 0 Å². The Labute approximate surface area is 215 Å². The number of anilines is 1. The number of benzene rings is 3. The number of hydrogen-bond acceptors (Lipinski definition) is 5. The molecule has 4 rings (SSSR count). The normalized spacial score (nSPS) is 11.8. The van der Waals surface area contributed by atoms with Crippen molar-refractivity contribution in [3.05, 3.63) is 108 Å². The second-order valence-corrected chi connectivity index (χ2v) is 9.42. The van der Waals surface area contributed by atoms with Crippen molar-refractivity contribution in [2.45, 2.75) is 26.3 Å². The van der Waals surface area contributed by atoms with Crippen LogP contribution in [0.15, 0.2) is 91.0 Å². The van der Waals surface area contributed by atoms with E-state index in [4.69, 9.17) is 0 Å². The van der Waals surface area contributed by atoms with E-state index in [2.05, 4.69) is 15.5 Å². The predicted molar refractivity (Wildman–Crippen MR) is 145 cm³/mol. The second-order valence-electron chi connectivity index (χ2n) is 8.44. The van der Waals surface area contributed by atoms with Gasteiger partial charge < -0.3 is 10.2 Å². The molecule has 0 spiro atoms. The van der Waals surface area contributed by atoms with Crippen LogP contribution in [0.1, 0.15) is 36.1 Å². The van der Waals surface area contributed by atoms with E-state index in [9.17, 15) is 9.59 Å². The first-order valence-electron chi connectivity index (χ1n) is 11.8. The average Bonchev–Trinajstić information content (AvgIpc) is 3.37. The van der Waals surface area contributed by atoms with E-state index < -0.39 is 0 Å². The first-order chi connectivity index (χ1) is 17.5. The summed E-state index contributed by atoms with van der Waals surface area (Å²) in [7, 11) is 0. The summed E-state index contributed by atoms with van der Waals surface area (Å²) < 4.78 is 0. The van der Waals surface area contributed by atoms with Crippen LogP contribution in [0.25, 0.3) is 16.6 Å². The standard InChI is InChI=1S/C29H28N4O2S/c1-21-13-16-25(17-14-21)28-31-32-29(36-28)30-26(34)19-20-33(22(2)24-11-7-4-8-12-24)27(35)18-15-23-9-5-3-6-10-23/h3-18,22H,19-20H2,1-2H3,(H,30,32,34)/b18-15+. The van der Waals surface area contributed by atoms with Gasteiger partial charge in [0.1, 0.15) is 5.01 Å². The van der Waals surface area contributed by atoms with Crippen molar-refractivity contribution in [1.82, 2.24) is 15.1 Å². The quantitative estimate of drug-likeness (QED) is 0.282. The lowest BCUT2D eigenvalue weighted by atomic mass is 10.1. The van der Waals surface area contributed by atoms with Crippen molar-refractivity contribution in [3.8, 4) is 10.6 Å². The SMILES string of the molecule is Cc1ccc(-c2nnc(NC(=O)CCN(C(=O)/C=C/c3ccccc3)C(C)c3ccccc3)s2)cc1. The average molecular weight is 497 g/mol. The summed E-state index contributed by atoms with van der Waals surface area (Å²) in [6.45, 7) is 4.27. The second kappa shape index (κ2) is 12.0. The summed E-state index contributed by atoms with van der Waals surface area (Å²) >= 11 is 1.32. The van der Waals surface area contributed by atoms with Crippen LogP contribution in [0, 0.1) is 6.92 Å². The van der Waals surface area contributed by atoms with Gasteiger partial charge in [0, 0.05) is 24.6 Å². The highest BCUT2D eigenvalue weighted by Crippen LogP contribution is 2.27. The van der Waals surface area contributed by atoms with Gasteiger partial charge in [-0.25, -0.2) is 0 Å². The zero-order chi connectivity index (χ0) is 25.3. The van der Waals surface area contributed by atoms with Gasteiger partial charge in [0.25, 0.3) is 0 Å². The molecule has 1 atom stereocenters. The van der Waals surface area contributed by atoms with Crippen LogP contribution in [0.5, 0.6) is 0 Å². The van der Waals surface area contributed by atoms with Gasteiger partial charge in [-0.05, 0) is 31.1 Å². The molecule has 1 unspecified atom stereocenters. The Kier molecular flexibility index (Phi) is 8.36. The van der Waals surface area contributed by atoms with Crippen molar-refractivity contribution in [2.75, 3.05) is 11.9 Å². The monoisotopic (exact) mass is 496 g/mol. The van der Waals surface area contributed by atoms with Gasteiger partial charge in [-0.1, -0.05) is 102 Å². The van der Waals surface area contributed by atoms with Crippen LogP contribution < -0.4 is 5.32 Å². The van der Waals surface area contributed by atoms with Crippen LogP contribution in [0.3, 0.4) is 0 Å². The highest BCUT2D eigenvalue weighted by atomic mass is 32.1. The maximum absolute atomic E-state index is 13.2. The van der Waals surface area contributed by atoms with Crippen molar-refractivity contribution >= 4 is 34.4 Å². The van der Waals surface area contributed by atoms with Gasteiger partial charge in [0.05, 0.1) is 6.04 Å². The highest BCUT2D eigenvalue weighted by Gasteiger charge is 2.21.